The molecule has 1 aromatic rings. The molecule has 2 aliphatic rings. The fourth-order valence-corrected chi connectivity index (χ4v) is 3.28. The molecule has 1 N–H and O–H groups in total. The van der Waals surface area contributed by atoms with Gasteiger partial charge in [0.15, 0.2) is 0 Å². The van der Waals surface area contributed by atoms with Crippen LogP contribution in [0.15, 0.2) is 18.2 Å². The van der Waals surface area contributed by atoms with Crippen molar-refractivity contribution in [1.29, 1.82) is 0 Å². The minimum absolute atomic E-state index is 0.130. The van der Waals surface area contributed by atoms with Gasteiger partial charge in [-0.2, -0.15) is 0 Å². The Kier molecular flexibility index (Phi) is 4.58. The Hall–Kier alpha value is -1.06. The Labute approximate surface area is 121 Å². The van der Waals surface area contributed by atoms with Gasteiger partial charge in [0.2, 0.25) is 0 Å². The summed E-state index contributed by atoms with van der Waals surface area (Å²) in [5.74, 6) is 1.00. The number of rotatable bonds is 4. The van der Waals surface area contributed by atoms with Crippen molar-refractivity contribution in [2.24, 2.45) is 0 Å². The SMILES string of the molecule is CCNC1CCOCC1Oc1ccc2c(c1)CCCC2. The van der Waals surface area contributed by atoms with Crippen molar-refractivity contribution in [2.45, 2.75) is 51.2 Å². The smallest absolute Gasteiger partial charge is 0.137 e. The van der Waals surface area contributed by atoms with E-state index in [1.807, 2.05) is 0 Å². The van der Waals surface area contributed by atoms with E-state index < -0.39 is 0 Å². The van der Waals surface area contributed by atoms with E-state index in [0.717, 1.165) is 25.3 Å². The van der Waals surface area contributed by atoms with Gasteiger partial charge in [-0.3, -0.25) is 0 Å². The van der Waals surface area contributed by atoms with Crippen molar-refractivity contribution in [3.8, 4) is 5.75 Å². The molecule has 0 radical (unpaired) electrons. The normalized spacial score (nSPS) is 26.1. The molecule has 1 aromatic carbocycles. The molecule has 1 aliphatic heterocycles. The van der Waals surface area contributed by atoms with Gasteiger partial charge in [-0.15, -0.1) is 0 Å². The summed E-state index contributed by atoms with van der Waals surface area (Å²) in [5.41, 5.74) is 2.98. The molecule has 1 saturated heterocycles. The van der Waals surface area contributed by atoms with Crippen molar-refractivity contribution >= 4 is 0 Å². The summed E-state index contributed by atoms with van der Waals surface area (Å²) >= 11 is 0. The van der Waals surface area contributed by atoms with E-state index in [9.17, 15) is 0 Å². The van der Waals surface area contributed by atoms with Gasteiger partial charge >= 0.3 is 0 Å². The van der Waals surface area contributed by atoms with Gasteiger partial charge in [-0.25, -0.2) is 0 Å². The molecule has 1 heterocycles. The van der Waals surface area contributed by atoms with Gasteiger partial charge in [-0.1, -0.05) is 13.0 Å². The minimum Gasteiger partial charge on any atom is -0.486 e. The molecular formula is C17H25NO2. The van der Waals surface area contributed by atoms with Crippen LogP contribution in [0.1, 0.15) is 37.3 Å². The Morgan fingerprint density at radius 2 is 2.10 bits per heavy atom. The third kappa shape index (κ3) is 3.15. The molecule has 1 fully saturated rings. The van der Waals surface area contributed by atoms with Gasteiger partial charge in [-0.05, 0) is 61.9 Å². The number of hydrogen-bond donors (Lipinski definition) is 1. The van der Waals surface area contributed by atoms with Crippen molar-refractivity contribution in [3.05, 3.63) is 29.3 Å². The molecule has 2 atom stereocenters. The van der Waals surface area contributed by atoms with Crippen LogP contribution in [0.25, 0.3) is 0 Å². The Bertz CT molecular complexity index is 445. The fourth-order valence-electron chi connectivity index (χ4n) is 3.28. The lowest BCUT2D eigenvalue weighted by molar-refractivity contribution is -0.0143. The van der Waals surface area contributed by atoms with Crippen molar-refractivity contribution in [3.63, 3.8) is 0 Å². The molecular weight excluding hydrogens is 250 g/mol. The zero-order valence-corrected chi connectivity index (χ0v) is 12.4. The molecule has 2 unspecified atom stereocenters. The number of likely N-dealkylation sites (N-methyl/N-ethyl adjacent to an activating group) is 1. The quantitative estimate of drug-likeness (QED) is 0.916. The Morgan fingerprint density at radius 3 is 2.95 bits per heavy atom. The van der Waals surface area contributed by atoms with E-state index in [0.29, 0.717) is 12.6 Å². The van der Waals surface area contributed by atoms with Gasteiger partial charge in [0, 0.05) is 12.6 Å². The third-order valence-electron chi connectivity index (χ3n) is 4.38. The number of hydrogen-bond acceptors (Lipinski definition) is 3. The van der Waals surface area contributed by atoms with Crippen LogP contribution in [0, 0.1) is 0 Å². The highest BCUT2D eigenvalue weighted by molar-refractivity contribution is 5.37. The van der Waals surface area contributed by atoms with Gasteiger partial charge in [0.05, 0.1) is 6.61 Å². The first-order valence-corrected chi connectivity index (χ1v) is 7.96. The van der Waals surface area contributed by atoms with E-state index in [2.05, 4.69) is 30.4 Å². The number of aryl methyl sites for hydroxylation is 2. The molecule has 0 bridgehead atoms. The van der Waals surface area contributed by atoms with Crippen LogP contribution in [-0.2, 0) is 17.6 Å². The summed E-state index contributed by atoms with van der Waals surface area (Å²) in [5, 5.41) is 3.51. The number of nitrogens with one attached hydrogen (secondary N) is 1. The first-order valence-electron chi connectivity index (χ1n) is 7.96. The summed E-state index contributed by atoms with van der Waals surface area (Å²) in [4.78, 5) is 0. The average molecular weight is 275 g/mol. The number of ether oxygens (including phenoxy) is 2. The Balaban J connectivity index is 1.69. The zero-order chi connectivity index (χ0) is 13.8. The lowest BCUT2D eigenvalue weighted by Gasteiger charge is -2.32. The summed E-state index contributed by atoms with van der Waals surface area (Å²) in [7, 11) is 0. The fraction of sp³-hybridized carbons (Fsp3) is 0.647. The van der Waals surface area contributed by atoms with Gasteiger partial charge in [0.25, 0.3) is 0 Å². The standard InChI is InChI=1S/C17H25NO2/c1-2-18-16-9-10-19-12-17(16)20-15-8-7-13-5-3-4-6-14(13)11-15/h7-8,11,16-18H,2-6,9-10,12H2,1H3. The average Bonchev–Trinajstić information content (AvgIpc) is 2.49. The molecule has 0 amide bonds. The van der Waals surface area contributed by atoms with Crippen LogP contribution in [0.4, 0.5) is 0 Å². The van der Waals surface area contributed by atoms with Crippen LogP contribution in [-0.4, -0.2) is 31.9 Å². The summed E-state index contributed by atoms with van der Waals surface area (Å²) in [6, 6.07) is 7.02. The highest BCUT2D eigenvalue weighted by Gasteiger charge is 2.26. The van der Waals surface area contributed by atoms with Crippen LogP contribution in [0.2, 0.25) is 0 Å². The van der Waals surface area contributed by atoms with Crippen LogP contribution in [0.3, 0.4) is 0 Å². The molecule has 0 saturated carbocycles. The van der Waals surface area contributed by atoms with Crippen LogP contribution < -0.4 is 10.1 Å². The van der Waals surface area contributed by atoms with Crippen LogP contribution in [0.5, 0.6) is 5.75 Å². The van der Waals surface area contributed by atoms with E-state index in [4.69, 9.17) is 9.47 Å². The maximum absolute atomic E-state index is 6.20. The summed E-state index contributed by atoms with van der Waals surface area (Å²) in [6.45, 7) is 4.65. The first kappa shape index (κ1) is 13.9. The van der Waals surface area contributed by atoms with Gasteiger partial charge in [0.1, 0.15) is 11.9 Å². The topological polar surface area (TPSA) is 30.5 Å². The second kappa shape index (κ2) is 6.59. The molecule has 20 heavy (non-hydrogen) atoms. The van der Waals surface area contributed by atoms with E-state index >= 15 is 0 Å². The maximum Gasteiger partial charge on any atom is 0.137 e. The highest BCUT2D eigenvalue weighted by atomic mass is 16.5. The predicted octanol–water partition coefficient (Wildman–Crippen LogP) is 2.71. The summed E-state index contributed by atoms with van der Waals surface area (Å²) < 4.78 is 11.8. The highest BCUT2D eigenvalue weighted by Crippen LogP contribution is 2.26. The molecule has 3 nitrogen and oxygen atoms in total. The molecule has 0 aromatic heterocycles. The maximum atomic E-state index is 6.20. The third-order valence-corrected chi connectivity index (χ3v) is 4.38. The number of fused-ring (bicyclic) bond motifs is 1. The molecule has 0 spiro atoms. The second-order valence-corrected chi connectivity index (χ2v) is 5.82. The number of benzene rings is 1. The van der Waals surface area contributed by atoms with E-state index in [1.54, 1.807) is 0 Å². The van der Waals surface area contributed by atoms with E-state index in [1.165, 1.54) is 36.8 Å². The lowest BCUT2D eigenvalue weighted by Crippen LogP contribution is -2.49. The van der Waals surface area contributed by atoms with E-state index in [-0.39, 0.29) is 6.10 Å². The zero-order valence-electron chi connectivity index (χ0n) is 12.4. The second-order valence-electron chi connectivity index (χ2n) is 5.82. The van der Waals surface area contributed by atoms with Gasteiger partial charge < -0.3 is 14.8 Å². The van der Waals surface area contributed by atoms with Crippen molar-refractivity contribution < 1.29 is 9.47 Å². The van der Waals surface area contributed by atoms with Crippen molar-refractivity contribution in [1.82, 2.24) is 5.32 Å². The van der Waals surface area contributed by atoms with Crippen LogP contribution >= 0.6 is 0 Å². The lowest BCUT2D eigenvalue weighted by atomic mass is 9.92. The monoisotopic (exact) mass is 275 g/mol. The Morgan fingerprint density at radius 1 is 1.25 bits per heavy atom. The first-order chi connectivity index (χ1) is 9.86. The predicted molar refractivity (Wildman–Crippen MR) is 80.4 cm³/mol. The molecule has 110 valence electrons. The largest absolute Gasteiger partial charge is 0.486 e. The molecule has 3 rings (SSSR count). The van der Waals surface area contributed by atoms with Crippen molar-refractivity contribution in [2.75, 3.05) is 19.8 Å². The molecule has 1 aliphatic carbocycles. The minimum atomic E-state index is 0.130. The molecule has 3 heteroatoms. The summed E-state index contributed by atoms with van der Waals surface area (Å²) in [6.07, 6.45) is 6.22.